The Hall–Kier alpha value is -0.643. The van der Waals surface area contributed by atoms with Gasteiger partial charge in [-0.15, -0.1) is 0 Å². The van der Waals surface area contributed by atoms with Gasteiger partial charge in [0.05, 0.1) is 12.3 Å². The van der Waals surface area contributed by atoms with Crippen molar-refractivity contribution in [3.63, 3.8) is 0 Å². The minimum Gasteiger partial charge on any atom is -0.393 e. The van der Waals surface area contributed by atoms with Gasteiger partial charge < -0.3 is 4.74 Å². The van der Waals surface area contributed by atoms with Crippen LogP contribution in [0.4, 0.5) is 0 Å². The highest BCUT2D eigenvalue weighted by molar-refractivity contribution is 6.33. The highest BCUT2D eigenvalue weighted by atomic mass is 28.2. The average Bonchev–Trinajstić information content (AvgIpc) is 2.31. The van der Waals surface area contributed by atoms with Gasteiger partial charge in [-0.1, -0.05) is 19.0 Å². The second kappa shape index (κ2) is 4.40. The van der Waals surface area contributed by atoms with Crippen molar-refractivity contribution >= 4 is 21.5 Å². The van der Waals surface area contributed by atoms with Crippen LogP contribution in [0.25, 0.3) is 0 Å². The van der Waals surface area contributed by atoms with Crippen LogP contribution in [0.3, 0.4) is 0 Å². The number of cyclic esters (lactones) is 2. The first-order valence-electron chi connectivity index (χ1n) is 4.48. The highest BCUT2D eigenvalue weighted by Gasteiger charge is 2.32. The zero-order chi connectivity index (χ0) is 8.97. The lowest BCUT2D eigenvalue weighted by Gasteiger charge is -2.01. The van der Waals surface area contributed by atoms with E-state index < -0.39 is 0 Å². The molecule has 1 rings (SSSR count). The molecule has 1 aliphatic rings. The summed E-state index contributed by atoms with van der Waals surface area (Å²) in [5.41, 5.74) is 0. The average molecular weight is 186 g/mol. The van der Waals surface area contributed by atoms with E-state index in [1.165, 1.54) is 6.04 Å². The lowest BCUT2D eigenvalue weighted by atomic mass is 10.0. The molecule has 0 bridgehead atoms. The summed E-state index contributed by atoms with van der Waals surface area (Å²) in [7, 11) is 0.109. The van der Waals surface area contributed by atoms with E-state index in [9.17, 15) is 9.59 Å². The van der Waals surface area contributed by atoms with Crippen molar-refractivity contribution in [2.24, 2.45) is 5.92 Å². The molecule has 0 aliphatic carbocycles. The summed E-state index contributed by atoms with van der Waals surface area (Å²) in [4.78, 5) is 21.6. The Morgan fingerprint density at radius 1 is 1.58 bits per heavy atom. The van der Waals surface area contributed by atoms with Crippen LogP contribution in [0.5, 0.6) is 0 Å². The van der Waals surface area contributed by atoms with Crippen molar-refractivity contribution < 1.29 is 14.3 Å². The number of carbonyl (C=O) groups is 2. The molecule has 0 aromatic rings. The van der Waals surface area contributed by atoms with Crippen molar-refractivity contribution in [2.75, 3.05) is 0 Å². The van der Waals surface area contributed by atoms with E-state index in [4.69, 9.17) is 0 Å². The number of hydrogen-bond acceptors (Lipinski definition) is 3. The minimum atomic E-state index is -0.348. The van der Waals surface area contributed by atoms with Crippen LogP contribution in [0, 0.1) is 5.92 Å². The predicted molar refractivity (Wildman–Crippen MR) is 47.7 cm³/mol. The van der Waals surface area contributed by atoms with Crippen LogP contribution in [-0.2, 0) is 14.3 Å². The lowest BCUT2D eigenvalue weighted by molar-refractivity contribution is -0.153. The first-order valence-corrected chi connectivity index (χ1v) is 6.90. The maximum absolute atomic E-state index is 10.9. The summed E-state index contributed by atoms with van der Waals surface area (Å²) in [5.74, 6) is -0.783. The maximum Gasteiger partial charge on any atom is 0.317 e. The molecule has 3 nitrogen and oxygen atoms in total. The fraction of sp³-hybridized carbons (Fsp3) is 0.750. The lowest BCUT2D eigenvalue weighted by Crippen LogP contribution is -2.07. The molecule has 1 unspecified atom stereocenters. The van der Waals surface area contributed by atoms with Gasteiger partial charge in [0.1, 0.15) is 0 Å². The van der Waals surface area contributed by atoms with Gasteiger partial charge in [-0.05, 0) is 6.42 Å². The first-order chi connectivity index (χ1) is 5.74. The summed E-state index contributed by atoms with van der Waals surface area (Å²) < 4.78 is 4.44. The van der Waals surface area contributed by atoms with Crippen LogP contribution in [0.1, 0.15) is 19.3 Å². The molecule has 68 valence electrons. The van der Waals surface area contributed by atoms with Crippen LogP contribution < -0.4 is 0 Å². The smallest absolute Gasteiger partial charge is 0.317 e. The van der Waals surface area contributed by atoms with E-state index in [0.29, 0.717) is 6.42 Å². The summed E-state index contributed by atoms with van der Waals surface area (Å²) >= 11 is 0. The SMILES string of the molecule is C[SiH2]CCCC1CC(=O)OC1=O. The van der Waals surface area contributed by atoms with Crippen molar-refractivity contribution in [3.8, 4) is 0 Å². The van der Waals surface area contributed by atoms with Gasteiger partial charge in [0.15, 0.2) is 0 Å². The quantitative estimate of drug-likeness (QED) is 0.278. The molecular weight excluding hydrogens is 172 g/mol. The van der Waals surface area contributed by atoms with Gasteiger partial charge in [-0.25, -0.2) is 0 Å². The van der Waals surface area contributed by atoms with Crippen molar-refractivity contribution in [3.05, 3.63) is 0 Å². The number of rotatable bonds is 4. The Balaban J connectivity index is 2.24. The molecule has 0 spiro atoms. The molecule has 1 fully saturated rings. The molecule has 0 aromatic heterocycles. The van der Waals surface area contributed by atoms with Gasteiger partial charge in [-0.3, -0.25) is 9.59 Å². The molecule has 0 amide bonds. The summed E-state index contributed by atoms with van der Waals surface area (Å²) in [5, 5.41) is 0. The summed E-state index contributed by atoms with van der Waals surface area (Å²) in [6, 6.07) is 1.26. The topological polar surface area (TPSA) is 43.4 Å². The summed E-state index contributed by atoms with van der Waals surface area (Å²) in [6.07, 6.45) is 2.23. The minimum absolute atomic E-state index is 0.109. The van der Waals surface area contributed by atoms with E-state index in [1.807, 2.05) is 0 Å². The number of ether oxygens (including phenoxy) is 1. The molecule has 1 saturated heterocycles. The molecular formula is C8H14O3Si. The number of hydrogen-bond donors (Lipinski definition) is 0. The Bertz CT molecular complexity index is 191. The normalized spacial score (nSPS) is 23.9. The highest BCUT2D eigenvalue weighted by Crippen LogP contribution is 2.21. The third kappa shape index (κ3) is 2.44. The Morgan fingerprint density at radius 2 is 2.33 bits per heavy atom. The van der Waals surface area contributed by atoms with Gasteiger partial charge >= 0.3 is 11.9 Å². The fourth-order valence-electron chi connectivity index (χ4n) is 1.38. The van der Waals surface area contributed by atoms with Gasteiger partial charge in [0, 0.05) is 9.52 Å². The van der Waals surface area contributed by atoms with Crippen LogP contribution in [-0.4, -0.2) is 21.5 Å². The van der Waals surface area contributed by atoms with Gasteiger partial charge in [-0.2, -0.15) is 0 Å². The molecule has 1 atom stereocenters. The van der Waals surface area contributed by atoms with Crippen molar-refractivity contribution in [2.45, 2.75) is 31.9 Å². The van der Waals surface area contributed by atoms with Crippen molar-refractivity contribution in [1.29, 1.82) is 0 Å². The monoisotopic (exact) mass is 186 g/mol. The third-order valence-corrected chi connectivity index (χ3v) is 3.32. The zero-order valence-corrected chi connectivity index (χ0v) is 8.75. The Labute approximate surface area is 74.3 Å². The van der Waals surface area contributed by atoms with Crippen LogP contribution >= 0.6 is 0 Å². The molecule has 1 aliphatic heterocycles. The van der Waals surface area contributed by atoms with Crippen LogP contribution in [0.2, 0.25) is 12.6 Å². The Morgan fingerprint density at radius 3 is 2.83 bits per heavy atom. The molecule has 0 radical (unpaired) electrons. The summed E-state index contributed by atoms with van der Waals surface area (Å²) in [6.45, 7) is 2.25. The predicted octanol–water partition coefficient (Wildman–Crippen LogP) is 0.491. The van der Waals surface area contributed by atoms with E-state index in [0.717, 1.165) is 12.8 Å². The second-order valence-corrected chi connectivity index (χ2v) is 4.90. The largest absolute Gasteiger partial charge is 0.393 e. The molecule has 0 aromatic carbocycles. The number of carbonyl (C=O) groups excluding carboxylic acids is 2. The molecule has 1 heterocycles. The molecule has 4 heteroatoms. The van der Waals surface area contributed by atoms with Crippen molar-refractivity contribution in [1.82, 2.24) is 0 Å². The molecule has 12 heavy (non-hydrogen) atoms. The Kier molecular flexibility index (Phi) is 3.46. The number of esters is 2. The van der Waals surface area contributed by atoms with E-state index in [2.05, 4.69) is 11.3 Å². The van der Waals surface area contributed by atoms with E-state index in [1.54, 1.807) is 0 Å². The molecule has 0 saturated carbocycles. The van der Waals surface area contributed by atoms with Crippen LogP contribution in [0.15, 0.2) is 0 Å². The fourth-order valence-corrected chi connectivity index (χ4v) is 2.17. The van der Waals surface area contributed by atoms with Gasteiger partial charge in [0.2, 0.25) is 0 Å². The molecule has 0 N–H and O–H groups in total. The first kappa shape index (κ1) is 9.44. The standard InChI is InChI=1S/C8H14O3Si/c1-12-4-2-3-6-5-7(9)11-8(6)10/h6H,2-5,12H2,1H3. The second-order valence-electron chi connectivity index (χ2n) is 3.19. The third-order valence-electron chi connectivity index (χ3n) is 2.12. The zero-order valence-electron chi connectivity index (χ0n) is 7.34. The maximum atomic E-state index is 10.9. The van der Waals surface area contributed by atoms with E-state index >= 15 is 0 Å². The van der Waals surface area contributed by atoms with E-state index in [-0.39, 0.29) is 27.4 Å². The van der Waals surface area contributed by atoms with Gasteiger partial charge in [0.25, 0.3) is 0 Å².